The van der Waals surface area contributed by atoms with E-state index in [1.54, 1.807) is 24.3 Å². The molecule has 12 nitrogen and oxygen atoms in total. The van der Waals surface area contributed by atoms with E-state index in [1.807, 2.05) is 26.0 Å². The number of rotatable bonds is 10. The first-order valence-corrected chi connectivity index (χ1v) is 18.7. The molecule has 4 aromatic rings. The van der Waals surface area contributed by atoms with Crippen LogP contribution in [0.15, 0.2) is 70.5 Å². The van der Waals surface area contributed by atoms with E-state index in [9.17, 15) is 16.8 Å². The molecule has 4 aromatic carbocycles. The average Bonchev–Trinajstić information content (AvgIpc) is 3.77. The first kappa shape index (κ1) is 34.0. The highest BCUT2D eigenvalue weighted by Gasteiger charge is 2.38. The number of fused-ring (bicyclic) bond motifs is 5. The summed E-state index contributed by atoms with van der Waals surface area (Å²) in [7, 11) is -5.30. The van der Waals surface area contributed by atoms with Crippen molar-refractivity contribution in [3.05, 3.63) is 82.9 Å². The van der Waals surface area contributed by atoms with Crippen molar-refractivity contribution < 1.29 is 53.6 Å². The highest BCUT2D eigenvalue weighted by Crippen LogP contribution is 2.57. The first-order chi connectivity index (χ1) is 24.0. The number of benzene rings is 4. The Morgan fingerprint density at radius 1 is 0.600 bits per heavy atom. The molecule has 0 fully saturated rings. The van der Waals surface area contributed by atoms with Crippen LogP contribution < -0.4 is 28.4 Å². The van der Waals surface area contributed by atoms with Crippen molar-refractivity contribution in [3.63, 3.8) is 0 Å². The van der Waals surface area contributed by atoms with Crippen molar-refractivity contribution >= 4 is 20.2 Å². The van der Waals surface area contributed by atoms with E-state index in [0.717, 1.165) is 11.1 Å². The smallest absolute Gasteiger partial charge is 0.296 e. The van der Waals surface area contributed by atoms with E-state index in [0.29, 0.717) is 56.8 Å². The Bertz CT molecular complexity index is 1990. The minimum absolute atomic E-state index is 0.0110. The van der Waals surface area contributed by atoms with E-state index in [4.69, 9.17) is 36.8 Å². The number of methoxy groups -OCH3 is 2. The van der Waals surface area contributed by atoms with Gasteiger partial charge in [-0.15, -0.1) is 0 Å². The fourth-order valence-electron chi connectivity index (χ4n) is 6.57. The largest absolute Gasteiger partial charge is 0.492 e. The lowest BCUT2D eigenvalue weighted by molar-refractivity contribution is 0.145. The predicted molar refractivity (Wildman–Crippen MR) is 180 cm³/mol. The summed E-state index contributed by atoms with van der Waals surface area (Å²) in [5, 5.41) is 0. The fourth-order valence-corrected chi connectivity index (χ4v) is 8.49. The van der Waals surface area contributed by atoms with Crippen LogP contribution in [0, 0.1) is 25.7 Å². The third-order valence-electron chi connectivity index (χ3n) is 9.19. The van der Waals surface area contributed by atoms with Gasteiger partial charge in [0.2, 0.25) is 25.1 Å². The number of ether oxygens (including phenoxy) is 6. The van der Waals surface area contributed by atoms with Gasteiger partial charge in [-0.25, -0.2) is 0 Å². The monoisotopic (exact) mass is 724 g/mol. The van der Waals surface area contributed by atoms with Crippen LogP contribution in [-0.2, 0) is 41.4 Å². The Kier molecular flexibility index (Phi) is 9.05. The van der Waals surface area contributed by atoms with Gasteiger partial charge in [-0.05, 0) is 86.1 Å². The molecule has 2 aliphatic heterocycles. The second-order valence-electron chi connectivity index (χ2n) is 12.4. The van der Waals surface area contributed by atoms with Gasteiger partial charge < -0.3 is 28.4 Å². The minimum atomic E-state index is -4.18. The lowest BCUT2D eigenvalue weighted by atomic mass is 9.76. The topological polar surface area (TPSA) is 142 Å². The normalized spacial score (nSPS) is 17.8. The second kappa shape index (κ2) is 13.3. The maximum atomic E-state index is 13.4. The quantitative estimate of drug-likeness (QED) is 0.188. The highest BCUT2D eigenvalue weighted by molar-refractivity contribution is 7.87. The molecular weight excluding hydrogens is 689 g/mol. The fraction of sp³-hybridized carbons (Fsp3) is 0.333. The molecule has 0 bridgehead atoms. The molecule has 0 spiro atoms. The molecule has 7 rings (SSSR count). The van der Waals surface area contributed by atoms with Gasteiger partial charge in [-0.2, -0.15) is 16.8 Å². The summed E-state index contributed by atoms with van der Waals surface area (Å²) in [6.07, 6.45) is 0.447. The van der Waals surface area contributed by atoms with Crippen LogP contribution in [0.1, 0.15) is 22.3 Å². The molecule has 264 valence electrons. The number of hydrogen-bond donors (Lipinski definition) is 0. The maximum Gasteiger partial charge on any atom is 0.296 e. The van der Waals surface area contributed by atoms with Crippen LogP contribution in [-0.4, -0.2) is 57.9 Å². The van der Waals surface area contributed by atoms with Gasteiger partial charge in [0.25, 0.3) is 20.2 Å². The van der Waals surface area contributed by atoms with Gasteiger partial charge in [0.1, 0.15) is 0 Å². The SMILES string of the molecule is COc1c2c(cc3c1-c1c(cc4c(c1OC)OCO4)C[C@H](COS(=O)(=O)c1ccc(C)cc1)[C@@H](COS(=O)(=O)c1ccc(C)cc1)C3)OCO2. The summed E-state index contributed by atoms with van der Waals surface area (Å²) >= 11 is 0. The molecular formula is C36H36O12S2. The van der Waals surface area contributed by atoms with Crippen LogP contribution in [0.3, 0.4) is 0 Å². The van der Waals surface area contributed by atoms with Crippen LogP contribution >= 0.6 is 0 Å². The second-order valence-corrected chi connectivity index (χ2v) is 15.6. The summed E-state index contributed by atoms with van der Waals surface area (Å²) in [6, 6.07) is 16.4. The molecule has 2 heterocycles. The number of aryl methyl sites for hydroxylation is 2. The van der Waals surface area contributed by atoms with E-state index in [1.165, 1.54) is 38.5 Å². The molecule has 14 heteroatoms. The summed E-state index contributed by atoms with van der Waals surface area (Å²) < 4.78 is 100. The molecule has 0 amide bonds. The van der Waals surface area contributed by atoms with Gasteiger partial charge in [-0.3, -0.25) is 8.37 Å². The van der Waals surface area contributed by atoms with Crippen molar-refractivity contribution in [1.82, 2.24) is 0 Å². The van der Waals surface area contributed by atoms with Crippen molar-refractivity contribution in [2.24, 2.45) is 11.8 Å². The third kappa shape index (κ3) is 6.32. The Labute approximate surface area is 291 Å². The van der Waals surface area contributed by atoms with Crippen molar-refractivity contribution in [2.75, 3.05) is 41.0 Å². The Balaban J connectivity index is 1.35. The zero-order chi connectivity index (χ0) is 35.2. The van der Waals surface area contributed by atoms with Crippen LogP contribution in [0.4, 0.5) is 0 Å². The standard InChI is InChI=1S/C36H36O12S2/c1-21-5-9-27(10-6-21)49(37,38)47-17-25-13-23-15-29-33(45-19-43-29)35(41-3)31(23)32-24(16-30-34(36(32)42-4)46-20-44-30)14-26(25)18-48-50(39,40)28-11-7-22(2)8-12-28/h5-12,15-16,25-26H,13-14,17-20H2,1-4H3/t25-,26-/m1/s1. The summed E-state index contributed by atoms with van der Waals surface area (Å²) in [4.78, 5) is 0.0221. The zero-order valence-electron chi connectivity index (χ0n) is 27.9. The van der Waals surface area contributed by atoms with E-state index < -0.39 is 32.1 Å². The van der Waals surface area contributed by atoms with Crippen LogP contribution in [0.25, 0.3) is 11.1 Å². The van der Waals surface area contributed by atoms with E-state index >= 15 is 0 Å². The minimum Gasteiger partial charge on any atom is -0.492 e. The number of hydrogen-bond acceptors (Lipinski definition) is 12. The van der Waals surface area contributed by atoms with Crippen molar-refractivity contribution in [2.45, 2.75) is 36.5 Å². The van der Waals surface area contributed by atoms with E-state index in [-0.39, 0.29) is 49.4 Å². The molecule has 0 unspecified atom stereocenters. The zero-order valence-corrected chi connectivity index (χ0v) is 29.5. The molecule has 2 atom stereocenters. The Morgan fingerprint density at radius 3 is 1.34 bits per heavy atom. The molecule has 0 radical (unpaired) electrons. The van der Waals surface area contributed by atoms with Crippen LogP contribution in [0.2, 0.25) is 0 Å². The molecule has 1 aliphatic carbocycles. The third-order valence-corrected chi connectivity index (χ3v) is 11.8. The van der Waals surface area contributed by atoms with Gasteiger partial charge in [0.15, 0.2) is 23.0 Å². The van der Waals surface area contributed by atoms with Gasteiger partial charge in [-0.1, -0.05) is 35.4 Å². The van der Waals surface area contributed by atoms with E-state index in [2.05, 4.69) is 0 Å². The molecule has 50 heavy (non-hydrogen) atoms. The van der Waals surface area contributed by atoms with Gasteiger partial charge in [0.05, 0.1) is 37.2 Å². The van der Waals surface area contributed by atoms with Gasteiger partial charge >= 0.3 is 0 Å². The molecule has 0 saturated heterocycles. The molecule has 0 aromatic heterocycles. The first-order valence-electron chi connectivity index (χ1n) is 15.9. The van der Waals surface area contributed by atoms with Crippen molar-refractivity contribution in [1.29, 1.82) is 0 Å². The molecule has 0 N–H and O–H groups in total. The van der Waals surface area contributed by atoms with Crippen LogP contribution in [0.5, 0.6) is 34.5 Å². The summed E-state index contributed by atoms with van der Waals surface area (Å²) in [5.74, 6) is 1.35. The maximum absolute atomic E-state index is 13.4. The summed E-state index contributed by atoms with van der Waals surface area (Å²) in [6.45, 7) is 3.13. The lowest BCUT2D eigenvalue weighted by Gasteiger charge is -2.32. The Hall–Kier alpha value is -4.50. The lowest BCUT2D eigenvalue weighted by Crippen LogP contribution is -2.31. The average molecular weight is 725 g/mol. The predicted octanol–water partition coefficient (Wildman–Crippen LogP) is 5.59. The highest BCUT2D eigenvalue weighted by atomic mass is 32.2. The molecule has 0 saturated carbocycles. The van der Waals surface area contributed by atoms with Crippen molar-refractivity contribution in [3.8, 4) is 45.6 Å². The molecule has 3 aliphatic rings. The van der Waals surface area contributed by atoms with Gasteiger partial charge in [0, 0.05) is 11.1 Å². The Morgan fingerprint density at radius 2 is 0.980 bits per heavy atom. The summed E-state index contributed by atoms with van der Waals surface area (Å²) in [5.41, 5.74) is 4.49.